The summed E-state index contributed by atoms with van der Waals surface area (Å²) in [5, 5.41) is 6.07. The van der Waals surface area contributed by atoms with Crippen LogP contribution in [0.25, 0.3) is 10.2 Å². The number of anilines is 2. The maximum Gasteiger partial charge on any atom is 0.269 e. The Labute approximate surface area is 240 Å². The summed E-state index contributed by atoms with van der Waals surface area (Å²) < 4.78 is 22.6. The van der Waals surface area contributed by atoms with E-state index < -0.39 is 17.4 Å². The number of halogens is 2. The van der Waals surface area contributed by atoms with Crippen LogP contribution in [0.15, 0.2) is 65.7 Å². The molecule has 4 aromatic rings. The highest BCUT2D eigenvalue weighted by atomic mass is 127. The Hall–Kier alpha value is -3.62. The van der Waals surface area contributed by atoms with Crippen LogP contribution in [0.4, 0.5) is 15.2 Å². The number of benzene rings is 3. The van der Waals surface area contributed by atoms with Gasteiger partial charge in [-0.25, -0.2) is 19.8 Å². The van der Waals surface area contributed by atoms with Gasteiger partial charge in [0.15, 0.2) is 5.13 Å². The van der Waals surface area contributed by atoms with Crippen molar-refractivity contribution >= 4 is 73.1 Å². The third-order valence-corrected chi connectivity index (χ3v) is 8.35. The van der Waals surface area contributed by atoms with Crippen LogP contribution in [-0.4, -0.2) is 28.8 Å². The van der Waals surface area contributed by atoms with E-state index in [2.05, 4.69) is 54.1 Å². The fourth-order valence-corrected chi connectivity index (χ4v) is 5.60. The van der Waals surface area contributed by atoms with E-state index in [-0.39, 0.29) is 23.9 Å². The molecule has 12 heteroatoms. The summed E-state index contributed by atoms with van der Waals surface area (Å²) in [5.74, 6) is -0.188. The van der Waals surface area contributed by atoms with Crippen LogP contribution < -0.4 is 26.2 Å². The molecule has 1 aliphatic carbocycles. The molecule has 1 aliphatic heterocycles. The first-order valence-electron chi connectivity index (χ1n) is 12.2. The molecule has 2 aliphatic rings. The number of hydrazine groups is 1. The quantitative estimate of drug-likeness (QED) is 0.194. The molecule has 2 heterocycles. The third kappa shape index (κ3) is 5.58. The lowest BCUT2D eigenvalue weighted by molar-refractivity contribution is -0.122. The Morgan fingerprint density at radius 3 is 2.67 bits per heavy atom. The van der Waals surface area contributed by atoms with Crippen molar-refractivity contribution in [3.05, 3.63) is 75.6 Å². The summed E-state index contributed by atoms with van der Waals surface area (Å²) >= 11 is 3.56. The molecule has 39 heavy (non-hydrogen) atoms. The van der Waals surface area contributed by atoms with Crippen LogP contribution in [0.2, 0.25) is 0 Å². The van der Waals surface area contributed by atoms with Crippen LogP contribution in [0, 0.1) is 15.3 Å². The summed E-state index contributed by atoms with van der Waals surface area (Å²) in [6.45, 7) is 0. The minimum Gasteiger partial charge on any atom is -0.457 e. The van der Waals surface area contributed by atoms with Gasteiger partial charge in [-0.15, -0.1) is 0 Å². The molecule has 0 spiro atoms. The highest BCUT2D eigenvalue weighted by molar-refractivity contribution is 14.1. The fraction of sp³-hybridized carbons (Fsp3) is 0.185. The number of nitrogens with zero attached hydrogens (tertiary/aromatic N) is 2. The van der Waals surface area contributed by atoms with Gasteiger partial charge in [0.05, 0.1) is 22.2 Å². The number of carbonyl (C=O) groups excluding carboxylic acids is 2. The molecular weight excluding hydrogens is 634 g/mol. The van der Waals surface area contributed by atoms with Crippen molar-refractivity contribution in [2.24, 2.45) is 10.9 Å². The average Bonchev–Trinajstić information content (AvgIpc) is 3.54. The number of thiazole rings is 1. The van der Waals surface area contributed by atoms with Crippen molar-refractivity contribution in [3.8, 4) is 11.5 Å². The Morgan fingerprint density at radius 2 is 1.90 bits per heavy atom. The molecule has 9 nitrogen and oxygen atoms in total. The summed E-state index contributed by atoms with van der Waals surface area (Å²) in [7, 11) is 0. The molecule has 1 saturated carbocycles. The van der Waals surface area contributed by atoms with Crippen molar-refractivity contribution < 1.29 is 18.7 Å². The van der Waals surface area contributed by atoms with Crippen LogP contribution >= 0.6 is 33.9 Å². The highest BCUT2D eigenvalue weighted by Crippen LogP contribution is 2.35. The number of aromatic nitrogens is 1. The van der Waals surface area contributed by atoms with Gasteiger partial charge in [0.1, 0.15) is 17.3 Å². The average molecular weight is 656 g/mol. The molecule has 1 atom stereocenters. The number of carbonyl (C=O) groups is 2. The Kier molecular flexibility index (Phi) is 6.91. The zero-order valence-electron chi connectivity index (χ0n) is 20.3. The molecule has 1 unspecified atom stereocenters. The van der Waals surface area contributed by atoms with Crippen molar-refractivity contribution in [3.63, 3.8) is 0 Å². The molecular formula is C27H22FIN6O3S. The number of hydrogen-bond acceptors (Lipinski definition) is 8. The number of aliphatic imine (C=N–C) groups is 1. The van der Waals surface area contributed by atoms with Gasteiger partial charge in [-0.05, 0) is 71.3 Å². The van der Waals surface area contributed by atoms with Gasteiger partial charge in [-0.3, -0.25) is 9.59 Å². The van der Waals surface area contributed by atoms with E-state index in [1.807, 2.05) is 24.3 Å². The molecule has 6 rings (SSSR count). The lowest BCUT2D eigenvalue weighted by Gasteiger charge is -2.25. The van der Waals surface area contributed by atoms with Crippen molar-refractivity contribution in [1.29, 1.82) is 0 Å². The molecule has 3 aromatic carbocycles. The lowest BCUT2D eigenvalue weighted by Crippen LogP contribution is -2.55. The van der Waals surface area contributed by atoms with Crippen LogP contribution in [0.3, 0.4) is 0 Å². The molecule has 0 bridgehead atoms. The van der Waals surface area contributed by atoms with E-state index in [4.69, 9.17) is 4.74 Å². The molecule has 0 saturated heterocycles. The van der Waals surface area contributed by atoms with Crippen LogP contribution in [0.5, 0.6) is 11.5 Å². The van der Waals surface area contributed by atoms with Gasteiger partial charge in [0.2, 0.25) is 11.6 Å². The topological polar surface area (TPSA) is 117 Å². The van der Waals surface area contributed by atoms with E-state index in [0.29, 0.717) is 16.6 Å². The highest BCUT2D eigenvalue weighted by Gasteiger charge is 2.41. The predicted octanol–water partition coefficient (Wildman–Crippen LogP) is 5.19. The number of ether oxygens (including phenoxy) is 1. The summed E-state index contributed by atoms with van der Waals surface area (Å²) in [6.07, 6.45) is 3.51. The molecule has 198 valence electrons. The van der Waals surface area contributed by atoms with Crippen LogP contribution in [0.1, 0.15) is 18.4 Å². The van der Waals surface area contributed by atoms with E-state index in [1.54, 1.807) is 18.2 Å². The first kappa shape index (κ1) is 25.6. The lowest BCUT2D eigenvalue weighted by atomic mass is 9.99. The number of fused-ring (bicyclic) bond motifs is 1. The smallest absolute Gasteiger partial charge is 0.269 e. The summed E-state index contributed by atoms with van der Waals surface area (Å²) in [5.41, 5.74) is 5.94. The van der Waals surface area contributed by atoms with Gasteiger partial charge in [0.25, 0.3) is 5.91 Å². The third-order valence-electron chi connectivity index (χ3n) is 6.37. The number of amides is 2. The second-order valence-electron chi connectivity index (χ2n) is 9.27. The second kappa shape index (κ2) is 10.5. The Morgan fingerprint density at radius 1 is 1.10 bits per heavy atom. The number of rotatable bonds is 8. The Balaban J connectivity index is 1.19. The minimum absolute atomic E-state index is 0.000905. The maximum absolute atomic E-state index is 14.8. The van der Waals surface area contributed by atoms with Gasteiger partial charge in [-0.2, -0.15) is 0 Å². The van der Waals surface area contributed by atoms with Crippen LogP contribution in [-0.2, 0) is 16.0 Å². The zero-order valence-corrected chi connectivity index (χ0v) is 23.3. The van der Waals surface area contributed by atoms with Gasteiger partial charge in [0, 0.05) is 28.0 Å². The van der Waals surface area contributed by atoms with E-state index in [1.165, 1.54) is 35.9 Å². The maximum atomic E-state index is 14.8. The normalized spacial score (nSPS) is 18.1. The zero-order chi connectivity index (χ0) is 27.0. The molecule has 4 N–H and O–H groups in total. The predicted molar refractivity (Wildman–Crippen MR) is 156 cm³/mol. The molecule has 0 radical (unpaired) electrons. The monoisotopic (exact) mass is 656 g/mol. The van der Waals surface area contributed by atoms with Gasteiger partial charge < -0.3 is 20.8 Å². The standard InChI is InChI=1S/C27H22FIN6O3S/c28-19-9-7-17(38-18-8-10-21-23(12-18)39-26(33-21)34-24(36)15-5-6-15)11-22(19)32-25(37)27(30-14-31-35-27)13-16-3-1-2-4-20(16)29/h1-4,7-12,14-15,35H,5-6,13H2,(H,30,31)(H,32,37)(H,33,34,36). The first-order chi connectivity index (χ1) is 18.9. The van der Waals surface area contributed by atoms with Crippen molar-refractivity contribution in [2.45, 2.75) is 24.9 Å². The SMILES string of the molecule is O=C(Nc1nc2ccc(Oc3ccc(F)c(NC(=O)C4(Cc5ccccc5I)N=CNN4)c3)cc2s1)C1CC1. The summed E-state index contributed by atoms with van der Waals surface area (Å²) in [6, 6.07) is 17.2. The summed E-state index contributed by atoms with van der Waals surface area (Å²) in [4.78, 5) is 34.2. The Bertz CT molecular complexity index is 1620. The van der Waals surface area contributed by atoms with Crippen molar-refractivity contribution in [1.82, 2.24) is 15.8 Å². The molecule has 1 aromatic heterocycles. The van der Waals surface area contributed by atoms with Crippen molar-refractivity contribution in [2.75, 3.05) is 10.6 Å². The van der Waals surface area contributed by atoms with E-state index in [9.17, 15) is 14.0 Å². The van der Waals surface area contributed by atoms with Gasteiger partial charge >= 0.3 is 0 Å². The largest absolute Gasteiger partial charge is 0.457 e. The minimum atomic E-state index is -1.35. The van der Waals surface area contributed by atoms with E-state index >= 15 is 0 Å². The van der Waals surface area contributed by atoms with Gasteiger partial charge in [-0.1, -0.05) is 29.5 Å². The fourth-order valence-electron chi connectivity index (χ4n) is 4.13. The molecule has 1 fully saturated rings. The van der Waals surface area contributed by atoms with E-state index in [0.717, 1.165) is 32.2 Å². The molecule has 2 amide bonds. The second-order valence-corrected chi connectivity index (χ2v) is 11.5. The first-order valence-corrected chi connectivity index (χ1v) is 14.1. The number of hydrogen-bond donors (Lipinski definition) is 4. The number of nitrogens with one attached hydrogen (secondary N) is 4.